The van der Waals surface area contributed by atoms with Gasteiger partial charge in [0.15, 0.2) is 0 Å². The average Bonchev–Trinajstić information content (AvgIpc) is 2.72. The monoisotopic (exact) mass is 247 g/mol. The molecule has 1 unspecified atom stereocenters. The van der Waals surface area contributed by atoms with E-state index < -0.39 is 0 Å². The second kappa shape index (κ2) is 4.04. The van der Waals surface area contributed by atoms with Crippen molar-refractivity contribution in [2.24, 2.45) is 0 Å². The van der Waals surface area contributed by atoms with Gasteiger partial charge < -0.3 is 5.32 Å². The summed E-state index contributed by atoms with van der Waals surface area (Å²) in [5, 5.41) is 4.06. The van der Waals surface area contributed by atoms with Gasteiger partial charge in [-0.3, -0.25) is 0 Å². The highest BCUT2D eigenvalue weighted by Crippen LogP contribution is 2.36. The molecule has 1 nitrogen and oxygen atoms in total. The van der Waals surface area contributed by atoms with Crippen molar-refractivity contribution in [3.8, 4) is 0 Å². The fourth-order valence-corrected chi connectivity index (χ4v) is 2.53. The summed E-state index contributed by atoms with van der Waals surface area (Å²) in [4.78, 5) is 0. The molecule has 0 saturated carbocycles. The van der Waals surface area contributed by atoms with Crippen LogP contribution in [0.4, 0.5) is 10.1 Å². The third-order valence-corrected chi connectivity index (χ3v) is 3.45. The van der Waals surface area contributed by atoms with Crippen LogP contribution in [-0.4, -0.2) is 0 Å². The van der Waals surface area contributed by atoms with Crippen LogP contribution in [0.1, 0.15) is 17.2 Å². The lowest BCUT2D eigenvalue weighted by Crippen LogP contribution is -2.06. The molecule has 0 aromatic heterocycles. The minimum atomic E-state index is -0.212. The molecular weight excluding hydrogens is 237 g/mol. The maximum atomic E-state index is 13.1. The molecule has 0 amide bonds. The molecule has 0 aliphatic carbocycles. The lowest BCUT2D eigenvalue weighted by molar-refractivity contribution is 0.628. The lowest BCUT2D eigenvalue weighted by Gasteiger charge is -2.13. The summed E-state index contributed by atoms with van der Waals surface area (Å²) in [7, 11) is 0. The zero-order valence-corrected chi connectivity index (χ0v) is 9.84. The third kappa shape index (κ3) is 1.89. The summed E-state index contributed by atoms with van der Waals surface area (Å²) < 4.78 is 13.1. The van der Waals surface area contributed by atoms with E-state index in [9.17, 15) is 4.39 Å². The van der Waals surface area contributed by atoms with Crippen LogP contribution < -0.4 is 5.32 Å². The molecule has 1 heterocycles. The van der Waals surface area contributed by atoms with Crippen molar-refractivity contribution in [1.82, 2.24) is 0 Å². The molecule has 0 spiro atoms. The van der Waals surface area contributed by atoms with Gasteiger partial charge in [-0.05, 0) is 35.7 Å². The van der Waals surface area contributed by atoms with E-state index in [4.69, 9.17) is 11.6 Å². The normalized spacial score (nSPS) is 17.6. The SMILES string of the molecule is Fc1ccc2c(c1)NC(c1ccccc1Cl)C2. The zero-order chi connectivity index (χ0) is 11.8. The first-order valence-electron chi connectivity index (χ1n) is 5.53. The Balaban J connectivity index is 1.94. The van der Waals surface area contributed by atoms with Crippen molar-refractivity contribution in [2.45, 2.75) is 12.5 Å². The van der Waals surface area contributed by atoms with Crippen LogP contribution in [0.5, 0.6) is 0 Å². The number of hydrogen-bond acceptors (Lipinski definition) is 1. The molecule has 0 radical (unpaired) electrons. The van der Waals surface area contributed by atoms with Gasteiger partial charge in [-0.1, -0.05) is 35.9 Å². The van der Waals surface area contributed by atoms with Gasteiger partial charge in [0.1, 0.15) is 5.82 Å². The molecule has 3 heteroatoms. The van der Waals surface area contributed by atoms with Crippen molar-refractivity contribution in [3.05, 3.63) is 64.4 Å². The van der Waals surface area contributed by atoms with E-state index >= 15 is 0 Å². The lowest BCUT2D eigenvalue weighted by atomic mass is 10.0. The van der Waals surface area contributed by atoms with Gasteiger partial charge in [-0.25, -0.2) is 4.39 Å². The van der Waals surface area contributed by atoms with Crippen molar-refractivity contribution >= 4 is 17.3 Å². The Morgan fingerprint density at radius 2 is 2.00 bits per heavy atom. The van der Waals surface area contributed by atoms with Crippen LogP contribution in [0.15, 0.2) is 42.5 Å². The average molecular weight is 248 g/mol. The number of rotatable bonds is 1. The van der Waals surface area contributed by atoms with E-state index in [1.807, 2.05) is 30.3 Å². The Morgan fingerprint density at radius 3 is 2.82 bits per heavy atom. The largest absolute Gasteiger partial charge is 0.378 e. The van der Waals surface area contributed by atoms with Gasteiger partial charge in [-0.2, -0.15) is 0 Å². The van der Waals surface area contributed by atoms with E-state index in [0.29, 0.717) is 0 Å². The first-order chi connectivity index (χ1) is 8.24. The minimum absolute atomic E-state index is 0.139. The molecule has 86 valence electrons. The van der Waals surface area contributed by atoms with E-state index in [1.54, 1.807) is 0 Å². The Bertz CT molecular complexity index is 568. The van der Waals surface area contributed by atoms with Crippen molar-refractivity contribution in [2.75, 3.05) is 5.32 Å². The van der Waals surface area contributed by atoms with Crippen molar-refractivity contribution in [1.29, 1.82) is 0 Å². The number of halogens is 2. The van der Waals surface area contributed by atoms with Gasteiger partial charge in [0.2, 0.25) is 0 Å². The highest BCUT2D eigenvalue weighted by molar-refractivity contribution is 6.31. The van der Waals surface area contributed by atoms with Crippen LogP contribution in [0.2, 0.25) is 5.02 Å². The van der Waals surface area contributed by atoms with Gasteiger partial charge in [0, 0.05) is 10.7 Å². The Labute approximate surface area is 104 Å². The maximum absolute atomic E-state index is 13.1. The molecule has 3 rings (SSSR count). The quantitative estimate of drug-likeness (QED) is 0.797. The van der Waals surface area contributed by atoms with Crippen LogP contribution in [0.3, 0.4) is 0 Å². The van der Waals surface area contributed by atoms with Crippen LogP contribution in [-0.2, 0) is 6.42 Å². The van der Waals surface area contributed by atoms with E-state index in [-0.39, 0.29) is 11.9 Å². The van der Waals surface area contributed by atoms with E-state index in [0.717, 1.165) is 28.3 Å². The molecule has 1 aliphatic rings. The Kier molecular flexibility index (Phi) is 2.52. The third-order valence-electron chi connectivity index (χ3n) is 3.11. The van der Waals surface area contributed by atoms with Gasteiger partial charge in [0.25, 0.3) is 0 Å². The standard InChI is InChI=1S/C14H11ClFN/c15-12-4-2-1-3-11(12)14-7-9-5-6-10(16)8-13(9)17-14/h1-6,8,14,17H,7H2. The number of nitrogens with one attached hydrogen (secondary N) is 1. The summed E-state index contributed by atoms with van der Waals surface area (Å²) in [5.74, 6) is -0.212. The fraction of sp³-hybridized carbons (Fsp3) is 0.143. The summed E-state index contributed by atoms with van der Waals surface area (Å²) in [6.07, 6.45) is 0.847. The maximum Gasteiger partial charge on any atom is 0.125 e. The van der Waals surface area contributed by atoms with Crippen LogP contribution >= 0.6 is 11.6 Å². The number of anilines is 1. The number of benzene rings is 2. The minimum Gasteiger partial charge on any atom is -0.378 e. The molecule has 17 heavy (non-hydrogen) atoms. The second-order valence-electron chi connectivity index (χ2n) is 4.22. The summed E-state index contributed by atoms with van der Waals surface area (Å²) in [6, 6.07) is 12.8. The van der Waals surface area contributed by atoms with Crippen LogP contribution in [0.25, 0.3) is 0 Å². The van der Waals surface area contributed by atoms with Crippen molar-refractivity contribution < 1.29 is 4.39 Å². The molecule has 0 bridgehead atoms. The summed E-state index contributed by atoms with van der Waals surface area (Å²) in [5.41, 5.74) is 3.07. The summed E-state index contributed by atoms with van der Waals surface area (Å²) in [6.45, 7) is 0. The fourth-order valence-electron chi connectivity index (χ4n) is 2.27. The molecule has 1 aliphatic heterocycles. The number of hydrogen-bond donors (Lipinski definition) is 1. The van der Waals surface area contributed by atoms with Crippen molar-refractivity contribution in [3.63, 3.8) is 0 Å². The predicted octanol–water partition coefficient (Wildman–Crippen LogP) is 4.19. The smallest absolute Gasteiger partial charge is 0.125 e. The molecule has 1 N–H and O–H groups in total. The van der Waals surface area contributed by atoms with Gasteiger partial charge in [0.05, 0.1) is 6.04 Å². The van der Waals surface area contributed by atoms with Gasteiger partial charge >= 0.3 is 0 Å². The highest BCUT2D eigenvalue weighted by Gasteiger charge is 2.23. The zero-order valence-electron chi connectivity index (χ0n) is 9.08. The molecule has 2 aromatic rings. The van der Waals surface area contributed by atoms with E-state index in [2.05, 4.69) is 5.32 Å². The molecule has 2 aromatic carbocycles. The predicted molar refractivity (Wildman–Crippen MR) is 67.9 cm³/mol. The second-order valence-corrected chi connectivity index (χ2v) is 4.63. The molecular formula is C14H11ClFN. The first-order valence-corrected chi connectivity index (χ1v) is 5.91. The molecule has 0 fully saturated rings. The highest BCUT2D eigenvalue weighted by atomic mass is 35.5. The molecule has 0 saturated heterocycles. The first kappa shape index (κ1) is 10.6. The molecule has 1 atom stereocenters. The van der Waals surface area contributed by atoms with Gasteiger partial charge in [-0.15, -0.1) is 0 Å². The summed E-state index contributed by atoms with van der Waals surface area (Å²) >= 11 is 6.16. The topological polar surface area (TPSA) is 12.0 Å². The van der Waals surface area contributed by atoms with Crippen LogP contribution in [0, 0.1) is 5.82 Å². The Morgan fingerprint density at radius 1 is 1.18 bits per heavy atom. The Hall–Kier alpha value is -1.54. The van der Waals surface area contributed by atoms with E-state index in [1.165, 1.54) is 12.1 Å². The number of fused-ring (bicyclic) bond motifs is 1.